The fraction of sp³-hybridized carbons (Fsp3) is 0.462. The first-order chi connectivity index (χ1) is 9.06. The molecule has 0 aliphatic carbocycles. The Kier molecular flexibility index (Phi) is 4.91. The van der Waals surface area contributed by atoms with Crippen LogP contribution in [-0.4, -0.2) is 43.1 Å². The predicted octanol–water partition coefficient (Wildman–Crippen LogP) is 2.19. The molecule has 1 aliphatic heterocycles. The fourth-order valence-corrected chi connectivity index (χ4v) is 2.56. The minimum absolute atomic E-state index is 0.00100. The number of ether oxygens (including phenoxy) is 1. The van der Waals surface area contributed by atoms with Crippen LogP contribution in [0, 0.1) is 0 Å². The molecule has 1 heterocycles. The Bertz CT molecular complexity index is 448. The molecule has 0 radical (unpaired) electrons. The Morgan fingerprint density at radius 3 is 2.74 bits per heavy atom. The predicted molar refractivity (Wildman–Crippen MR) is 76.0 cm³/mol. The minimum atomic E-state index is -0.0231. The van der Waals surface area contributed by atoms with Gasteiger partial charge in [-0.2, -0.15) is 0 Å². The molecule has 0 spiro atoms. The number of amides is 1. The number of carbonyl (C=O) groups is 1. The minimum Gasteiger partial charge on any atom is -0.484 e. The average molecular weight is 303 g/mol. The largest absolute Gasteiger partial charge is 0.484 e. The van der Waals surface area contributed by atoms with E-state index in [0.717, 1.165) is 13.1 Å². The van der Waals surface area contributed by atoms with E-state index >= 15 is 0 Å². The molecule has 1 saturated heterocycles. The molecular weight excluding hydrogens is 287 g/mol. The topological polar surface area (TPSA) is 41.6 Å². The van der Waals surface area contributed by atoms with Crippen molar-refractivity contribution in [1.82, 2.24) is 10.2 Å². The first kappa shape index (κ1) is 14.4. The summed E-state index contributed by atoms with van der Waals surface area (Å²) >= 11 is 11.7. The lowest BCUT2D eigenvalue weighted by atomic mass is 10.2. The lowest BCUT2D eigenvalue weighted by molar-refractivity contribution is -0.136. The summed E-state index contributed by atoms with van der Waals surface area (Å²) in [6, 6.07) is 5.09. The molecule has 0 saturated carbocycles. The summed E-state index contributed by atoms with van der Waals surface area (Å²) in [7, 11) is 0. The first-order valence-corrected chi connectivity index (χ1v) is 6.91. The van der Waals surface area contributed by atoms with Gasteiger partial charge >= 0.3 is 0 Å². The monoisotopic (exact) mass is 302 g/mol. The summed E-state index contributed by atoms with van der Waals surface area (Å²) in [5, 5.41) is 4.22. The van der Waals surface area contributed by atoms with Crippen molar-refractivity contribution in [3.8, 4) is 5.75 Å². The molecule has 19 heavy (non-hydrogen) atoms. The number of nitrogens with zero attached hydrogens (tertiary/aromatic N) is 1. The van der Waals surface area contributed by atoms with Crippen LogP contribution >= 0.6 is 23.2 Å². The molecule has 1 fully saturated rings. The molecule has 1 aliphatic rings. The van der Waals surface area contributed by atoms with E-state index in [9.17, 15) is 4.79 Å². The van der Waals surface area contributed by atoms with E-state index in [1.807, 2.05) is 11.8 Å². The van der Waals surface area contributed by atoms with Crippen molar-refractivity contribution in [3.63, 3.8) is 0 Å². The standard InChI is InChI=1S/C13H16Cl2N2O2/c1-9-7-16-2-3-17(9)13(18)8-19-12-5-10(14)4-11(15)6-12/h4-6,9,16H,2-3,7-8H2,1H3/t9-/m1/s1. The number of piperazine rings is 1. The number of halogens is 2. The molecule has 0 aromatic heterocycles. The fourth-order valence-electron chi connectivity index (χ4n) is 2.05. The van der Waals surface area contributed by atoms with E-state index in [-0.39, 0.29) is 18.6 Å². The Balaban J connectivity index is 1.92. The third kappa shape index (κ3) is 4.00. The van der Waals surface area contributed by atoms with Gasteiger partial charge in [0.15, 0.2) is 6.61 Å². The summed E-state index contributed by atoms with van der Waals surface area (Å²) < 4.78 is 5.45. The van der Waals surface area contributed by atoms with Crippen LogP contribution in [0.2, 0.25) is 10.0 Å². The Morgan fingerprint density at radius 2 is 2.11 bits per heavy atom. The van der Waals surface area contributed by atoms with Crippen molar-refractivity contribution < 1.29 is 9.53 Å². The van der Waals surface area contributed by atoms with Crippen molar-refractivity contribution in [2.45, 2.75) is 13.0 Å². The van der Waals surface area contributed by atoms with Crippen LogP contribution in [0.4, 0.5) is 0 Å². The number of hydrogen-bond acceptors (Lipinski definition) is 3. The van der Waals surface area contributed by atoms with Crippen molar-refractivity contribution in [1.29, 1.82) is 0 Å². The molecule has 2 rings (SSSR count). The van der Waals surface area contributed by atoms with Gasteiger partial charge in [-0.25, -0.2) is 0 Å². The molecular formula is C13H16Cl2N2O2. The SMILES string of the molecule is C[C@@H]1CNCCN1C(=O)COc1cc(Cl)cc(Cl)c1. The van der Waals surface area contributed by atoms with Crippen LogP contribution in [0.1, 0.15) is 6.92 Å². The van der Waals surface area contributed by atoms with Crippen LogP contribution < -0.4 is 10.1 Å². The van der Waals surface area contributed by atoms with Crippen molar-refractivity contribution in [3.05, 3.63) is 28.2 Å². The van der Waals surface area contributed by atoms with E-state index in [1.165, 1.54) is 0 Å². The zero-order valence-electron chi connectivity index (χ0n) is 10.7. The zero-order valence-corrected chi connectivity index (χ0v) is 12.2. The average Bonchev–Trinajstić information content (AvgIpc) is 2.35. The van der Waals surface area contributed by atoms with Crippen molar-refractivity contribution in [2.24, 2.45) is 0 Å². The van der Waals surface area contributed by atoms with Gasteiger partial charge in [0.05, 0.1) is 0 Å². The lowest BCUT2D eigenvalue weighted by Gasteiger charge is -2.33. The molecule has 0 unspecified atom stereocenters. The quantitative estimate of drug-likeness (QED) is 0.930. The van der Waals surface area contributed by atoms with Crippen LogP contribution in [0.25, 0.3) is 0 Å². The van der Waals surface area contributed by atoms with E-state index < -0.39 is 0 Å². The molecule has 1 N–H and O–H groups in total. The summed E-state index contributed by atoms with van der Waals surface area (Å²) in [6.07, 6.45) is 0. The van der Waals surface area contributed by atoms with Crippen LogP contribution in [-0.2, 0) is 4.79 Å². The molecule has 1 amide bonds. The van der Waals surface area contributed by atoms with E-state index in [4.69, 9.17) is 27.9 Å². The second-order valence-electron chi connectivity index (χ2n) is 4.53. The molecule has 1 aromatic carbocycles. The van der Waals surface area contributed by atoms with Gasteiger partial charge in [-0.1, -0.05) is 23.2 Å². The first-order valence-electron chi connectivity index (χ1n) is 6.15. The van der Waals surface area contributed by atoms with Gasteiger partial charge in [-0.3, -0.25) is 4.79 Å². The summed E-state index contributed by atoms with van der Waals surface area (Å²) in [6.45, 7) is 4.36. The highest BCUT2D eigenvalue weighted by Gasteiger charge is 2.23. The zero-order chi connectivity index (χ0) is 13.8. The highest BCUT2D eigenvalue weighted by Crippen LogP contribution is 2.24. The van der Waals surface area contributed by atoms with E-state index in [2.05, 4.69) is 5.32 Å². The lowest BCUT2D eigenvalue weighted by Crippen LogP contribution is -2.53. The molecule has 104 valence electrons. The van der Waals surface area contributed by atoms with E-state index in [1.54, 1.807) is 18.2 Å². The van der Waals surface area contributed by atoms with Gasteiger partial charge in [0.25, 0.3) is 5.91 Å². The number of benzene rings is 1. The van der Waals surface area contributed by atoms with Gasteiger partial charge in [0.1, 0.15) is 5.75 Å². The third-order valence-electron chi connectivity index (χ3n) is 3.02. The highest BCUT2D eigenvalue weighted by molar-refractivity contribution is 6.34. The Labute approximate surface area is 122 Å². The van der Waals surface area contributed by atoms with Crippen LogP contribution in [0.3, 0.4) is 0 Å². The highest BCUT2D eigenvalue weighted by atomic mass is 35.5. The van der Waals surface area contributed by atoms with Crippen LogP contribution in [0.15, 0.2) is 18.2 Å². The second kappa shape index (κ2) is 6.46. The Morgan fingerprint density at radius 1 is 1.42 bits per heavy atom. The maximum Gasteiger partial charge on any atom is 0.260 e. The van der Waals surface area contributed by atoms with Gasteiger partial charge in [-0.15, -0.1) is 0 Å². The third-order valence-corrected chi connectivity index (χ3v) is 3.46. The summed E-state index contributed by atoms with van der Waals surface area (Å²) in [5.41, 5.74) is 0. The summed E-state index contributed by atoms with van der Waals surface area (Å²) in [5.74, 6) is 0.485. The van der Waals surface area contributed by atoms with Crippen LogP contribution in [0.5, 0.6) is 5.75 Å². The number of hydrogen-bond donors (Lipinski definition) is 1. The van der Waals surface area contributed by atoms with Gasteiger partial charge in [0.2, 0.25) is 0 Å². The molecule has 0 bridgehead atoms. The molecule has 1 atom stereocenters. The molecule has 1 aromatic rings. The normalized spacial score (nSPS) is 19.3. The smallest absolute Gasteiger partial charge is 0.260 e. The van der Waals surface area contributed by atoms with Gasteiger partial charge in [-0.05, 0) is 25.1 Å². The maximum atomic E-state index is 12.1. The number of nitrogens with one attached hydrogen (secondary N) is 1. The maximum absolute atomic E-state index is 12.1. The van der Waals surface area contributed by atoms with Gasteiger partial charge in [0, 0.05) is 35.7 Å². The number of carbonyl (C=O) groups excluding carboxylic acids is 1. The van der Waals surface area contributed by atoms with Crippen molar-refractivity contribution in [2.75, 3.05) is 26.2 Å². The second-order valence-corrected chi connectivity index (χ2v) is 5.41. The van der Waals surface area contributed by atoms with Gasteiger partial charge < -0.3 is 15.0 Å². The number of rotatable bonds is 3. The molecule has 4 nitrogen and oxygen atoms in total. The van der Waals surface area contributed by atoms with Crippen molar-refractivity contribution >= 4 is 29.1 Å². The van der Waals surface area contributed by atoms with E-state index in [0.29, 0.717) is 22.3 Å². The Hall–Kier alpha value is -0.970. The molecule has 6 heteroatoms. The summed E-state index contributed by atoms with van der Waals surface area (Å²) in [4.78, 5) is 13.9.